The maximum absolute atomic E-state index is 3.68. The maximum atomic E-state index is 3.68. The molecule has 1 aliphatic rings. The van der Waals surface area contributed by atoms with Gasteiger partial charge in [-0.1, -0.05) is 67.1 Å². The average Bonchev–Trinajstić information content (AvgIpc) is 2.97. The minimum Gasteiger partial charge on any atom is -0.341 e. The van der Waals surface area contributed by atoms with Gasteiger partial charge in [0.2, 0.25) is 0 Å². The normalized spacial score (nSPS) is 15.1. The lowest BCUT2D eigenvalue weighted by atomic mass is 9.81. The number of hydrogen-bond donors (Lipinski definition) is 0. The molecule has 0 spiro atoms. The lowest BCUT2D eigenvalue weighted by Gasteiger charge is -2.21. The third-order valence-corrected chi connectivity index (χ3v) is 7.34. The van der Waals surface area contributed by atoms with Crippen LogP contribution < -0.4 is 0 Å². The number of benzene rings is 2. The molecule has 1 nitrogen and oxygen atoms in total. The van der Waals surface area contributed by atoms with E-state index in [1.807, 2.05) is 0 Å². The molecule has 0 radical (unpaired) electrons. The summed E-state index contributed by atoms with van der Waals surface area (Å²) in [7, 11) is -0.582. The Labute approximate surface area is 154 Å². The van der Waals surface area contributed by atoms with Crippen molar-refractivity contribution in [3.8, 4) is 11.3 Å². The molecule has 1 aromatic heterocycles. The Kier molecular flexibility index (Phi) is 3.77. The van der Waals surface area contributed by atoms with Crippen LogP contribution in [0.5, 0.6) is 0 Å². The van der Waals surface area contributed by atoms with Crippen LogP contribution in [0.25, 0.3) is 22.2 Å². The summed E-state index contributed by atoms with van der Waals surface area (Å²) < 4.78 is 3.76. The van der Waals surface area contributed by atoms with Crippen LogP contribution >= 0.6 is 15.9 Å². The lowest BCUT2D eigenvalue weighted by Crippen LogP contribution is -2.14. The molecule has 0 saturated heterocycles. The van der Waals surface area contributed by atoms with Gasteiger partial charge < -0.3 is 4.57 Å². The summed E-state index contributed by atoms with van der Waals surface area (Å²) in [5, 5.41) is 1.41. The van der Waals surface area contributed by atoms with E-state index < -0.39 is 8.80 Å². The molecule has 1 aliphatic carbocycles. The van der Waals surface area contributed by atoms with Crippen molar-refractivity contribution >= 4 is 35.6 Å². The fourth-order valence-corrected chi connectivity index (χ4v) is 5.36. The molecule has 2 aromatic carbocycles. The van der Waals surface area contributed by atoms with Gasteiger partial charge in [-0.05, 0) is 35.4 Å². The maximum Gasteiger partial charge on any atom is 0.0535 e. The van der Waals surface area contributed by atoms with Gasteiger partial charge in [0.1, 0.15) is 0 Å². The molecular formula is C21H24BrNSi. The highest BCUT2D eigenvalue weighted by Crippen LogP contribution is 2.53. The molecule has 1 heterocycles. The Balaban J connectivity index is 2.07. The van der Waals surface area contributed by atoms with Crippen molar-refractivity contribution in [2.45, 2.75) is 44.9 Å². The molecular weight excluding hydrogens is 374 g/mol. The Morgan fingerprint density at radius 2 is 1.83 bits per heavy atom. The predicted molar refractivity (Wildman–Crippen MR) is 111 cm³/mol. The van der Waals surface area contributed by atoms with Crippen LogP contribution in [0.1, 0.15) is 25.0 Å². The van der Waals surface area contributed by atoms with E-state index in [9.17, 15) is 0 Å². The third kappa shape index (κ3) is 2.25. The molecule has 3 heteroatoms. The van der Waals surface area contributed by atoms with E-state index in [1.54, 1.807) is 0 Å². The van der Waals surface area contributed by atoms with Gasteiger partial charge in [0, 0.05) is 41.7 Å². The molecule has 0 fully saturated rings. The van der Waals surface area contributed by atoms with Crippen molar-refractivity contribution < 1.29 is 0 Å². The van der Waals surface area contributed by atoms with Crippen LogP contribution in [-0.2, 0) is 12.0 Å². The quantitative estimate of drug-likeness (QED) is 0.463. The lowest BCUT2D eigenvalue weighted by molar-refractivity contribution is 0.665. The van der Waals surface area contributed by atoms with E-state index in [0.29, 0.717) is 0 Å². The second-order valence-electron chi connectivity index (χ2n) is 7.89. The second kappa shape index (κ2) is 5.60. The van der Waals surface area contributed by atoms with E-state index in [2.05, 4.69) is 89.9 Å². The highest BCUT2D eigenvalue weighted by molar-refractivity contribution is 9.10. The highest BCUT2D eigenvalue weighted by atomic mass is 79.9. The standard InChI is InChI=1S/C21H24BrNSi/c1-21(2)17-8-6-5-7-15(17)20-19(21)16-13-14(22)9-10-18(16)23(20)11-12-24(3)4/h5-10,13,24H,11-12H2,1-4H3. The van der Waals surface area contributed by atoms with Gasteiger partial charge >= 0.3 is 0 Å². The first kappa shape index (κ1) is 16.2. The molecule has 0 amide bonds. The van der Waals surface area contributed by atoms with Gasteiger partial charge in [0.15, 0.2) is 0 Å². The number of hydrogen-bond acceptors (Lipinski definition) is 0. The van der Waals surface area contributed by atoms with Crippen molar-refractivity contribution in [1.29, 1.82) is 0 Å². The molecule has 0 N–H and O–H groups in total. The molecule has 0 atom stereocenters. The van der Waals surface area contributed by atoms with Crippen LogP contribution in [0, 0.1) is 0 Å². The number of halogens is 1. The molecule has 124 valence electrons. The summed E-state index contributed by atoms with van der Waals surface area (Å²) in [5.74, 6) is 0. The van der Waals surface area contributed by atoms with Crippen LogP contribution in [0.4, 0.5) is 0 Å². The number of aryl methyl sites for hydroxylation is 1. The first-order chi connectivity index (χ1) is 11.4. The van der Waals surface area contributed by atoms with Crippen molar-refractivity contribution in [2.75, 3.05) is 0 Å². The predicted octanol–water partition coefficient (Wildman–Crippen LogP) is 6.20. The zero-order chi connectivity index (χ0) is 17.1. The SMILES string of the molecule is C[SiH](C)CCn1c2c(c3cc(Br)ccc31)C(C)(C)c1ccccc1-2. The largest absolute Gasteiger partial charge is 0.341 e. The first-order valence-electron chi connectivity index (χ1n) is 8.83. The van der Waals surface area contributed by atoms with Crippen molar-refractivity contribution in [3.63, 3.8) is 0 Å². The van der Waals surface area contributed by atoms with Gasteiger partial charge in [0.05, 0.1) is 5.69 Å². The zero-order valence-electron chi connectivity index (χ0n) is 14.9. The molecule has 0 unspecified atom stereocenters. The summed E-state index contributed by atoms with van der Waals surface area (Å²) >= 11 is 3.68. The Morgan fingerprint density at radius 3 is 2.58 bits per heavy atom. The van der Waals surface area contributed by atoms with Gasteiger partial charge in [0.25, 0.3) is 0 Å². The molecule has 3 aromatic rings. The zero-order valence-corrected chi connectivity index (χ0v) is 17.6. The van der Waals surface area contributed by atoms with E-state index >= 15 is 0 Å². The van der Waals surface area contributed by atoms with Crippen molar-refractivity contribution in [2.24, 2.45) is 0 Å². The molecule has 24 heavy (non-hydrogen) atoms. The van der Waals surface area contributed by atoms with Gasteiger partial charge in [-0.3, -0.25) is 0 Å². The Hall–Kier alpha value is -1.32. The minimum absolute atomic E-state index is 0.0610. The third-order valence-electron chi connectivity index (χ3n) is 5.44. The number of fused-ring (bicyclic) bond motifs is 5. The van der Waals surface area contributed by atoms with E-state index in [1.165, 1.54) is 43.8 Å². The summed E-state index contributed by atoms with van der Waals surface area (Å²) in [4.78, 5) is 0. The van der Waals surface area contributed by atoms with E-state index in [0.717, 1.165) is 6.54 Å². The summed E-state index contributed by atoms with van der Waals surface area (Å²) in [5.41, 5.74) is 7.30. The first-order valence-corrected chi connectivity index (χ1v) is 12.7. The number of rotatable bonds is 3. The van der Waals surface area contributed by atoms with Gasteiger partial charge in [-0.25, -0.2) is 0 Å². The average molecular weight is 398 g/mol. The van der Waals surface area contributed by atoms with Crippen LogP contribution in [0.15, 0.2) is 46.9 Å². The molecule has 0 saturated carbocycles. The molecule has 0 aliphatic heterocycles. The summed E-state index contributed by atoms with van der Waals surface area (Å²) in [6.07, 6.45) is 0. The topological polar surface area (TPSA) is 4.93 Å². The smallest absolute Gasteiger partial charge is 0.0535 e. The fraction of sp³-hybridized carbons (Fsp3) is 0.333. The Morgan fingerprint density at radius 1 is 1.08 bits per heavy atom. The minimum atomic E-state index is -0.582. The van der Waals surface area contributed by atoms with Crippen molar-refractivity contribution in [3.05, 3.63) is 58.1 Å². The fourth-order valence-electron chi connectivity index (χ4n) is 4.23. The van der Waals surface area contributed by atoms with Crippen LogP contribution in [0.3, 0.4) is 0 Å². The summed E-state index contributed by atoms with van der Waals surface area (Å²) in [6.45, 7) is 10.8. The van der Waals surface area contributed by atoms with Crippen LogP contribution in [-0.4, -0.2) is 13.4 Å². The molecule has 4 rings (SSSR count). The second-order valence-corrected chi connectivity index (χ2v) is 12.2. The van der Waals surface area contributed by atoms with E-state index in [4.69, 9.17) is 0 Å². The number of aromatic nitrogens is 1. The van der Waals surface area contributed by atoms with Gasteiger partial charge in [-0.15, -0.1) is 0 Å². The highest BCUT2D eigenvalue weighted by Gasteiger charge is 2.39. The Bertz CT molecular complexity index is 936. The number of nitrogens with zero attached hydrogens (tertiary/aromatic N) is 1. The van der Waals surface area contributed by atoms with Crippen molar-refractivity contribution in [1.82, 2.24) is 4.57 Å². The van der Waals surface area contributed by atoms with E-state index in [-0.39, 0.29) is 5.41 Å². The van der Waals surface area contributed by atoms with Gasteiger partial charge in [-0.2, -0.15) is 0 Å². The summed E-state index contributed by atoms with van der Waals surface area (Å²) in [6, 6.07) is 17.1. The molecule has 0 bridgehead atoms. The van der Waals surface area contributed by atoms with Crippen LogP contribution in [0.2, 0.25) is 19.1 Å². The monoisotopic (exact) mass is 397 g/mol.